The minimum absolute atomic E-state index is 0.0635. The SMILES string of the molecule is CCc1cc2c(c(NC3CCCC3)n1)CC(=O)C=C(Nc1ccccc1)N2c1ccccc1. The van der Waals surface area contributed by atoms with E-state index in [9.17, 15) is 4.79 Å². The maximum absolute atomic E-state index is 13.2. The molecule has 168 valence electrons. The van der Waals surface area contributed by atoms with Crippen molar-refractivity contribution in [3.63, 3.8) is 0 Å². The van der Waals surface area contributed by atoms with Crippen molar-refractivity contribution in [3.8, 4) is 0 Å². The summed E-state index contributed by atoms with van der Waals surface area (Å²) < 4.78 is 0. The van der Waals surface area contributed by atoms with E-state index in [1.165, 1.54) is 12.8 Å². The number of hydrogen-bond acceptors (Lipinski definition) is 5. The Morgan fingerprint density at radius 3 is 2.39 bits per heavy atom. The van der Waals surface area contributed by atoms with Crippen LogP contribution in [0, 0.1) is 0 Å². The number of ketones is 1. The Hall–Kier alpha value is -3.60. The van der Waals surface area contributed by atoms with Crippen molar-refractivity contribution in [3.05, 3.63) is 89.9 Å². The highest BCUT2D eigenvalue weighted by molar-refractivity contribution is 5.98. The van der Waals surface area contributed by atoms with Gasteiger partial charge in [-0.05, 0) is 49.6 Å². The number of nitrogens with zero attached hydrogens (tertiary/aromatic N) is 2. The Balaban J connectivity index is 1.66. The second kappa shape index (κ2) is 9.49. The van der Waals surface area contributed by atoms with E-state index in [-0.39, 0.29) is 5.78 Å². The molecule has 1 saturated carbocycles. The molecule has 0 unspecified atom stereocenters. The monoisotopic (exact) mass is 438 g/mol. The number of benzene rings is 2. The maximum Gasteiger partial charge on any atom is 0.163 e. The topological polar surface area (TPSA) is 57.3 Å². The van der Waals surface area contributed by atoms with Crippen LogP contribution in [-0.4, -0.2) is 16.8 Å². The Labute approximate surface area is 195 Å². The summed E-state index contributed by atoms with van der Waals surface area (Å²) in [7, 11) is 0. The lowest BCUT2D eigenvalue weighted by Gasteiger charge is -2.30. The second-order valence-corrected chi connectivity index (χ2v) is 8.77. The third-order valence-corrected chi connectivity index (χ3v) is 6.40. The van der Waals surface area contributed by atoms with Crippen LogP contribution in [0.4, 0.5) is 22.9 Å². The van der Waals surface area contributed by atoms with Crippen LogP contribution < -0.4 is 15.5 Å². The lowest BCUT2D eigenvalue weighted by molar-refractivity contribution is -0.114. The van der Waals surface area contributed by atoms with Crippen molar-refractivity contribution in [1.29, 1.82) is 0 Å². The predicted octanol–water partition coefficient (Wildman–Crippen LogP) is 6.22. The van der Waals surface area contributed by atoms with E-state index in [0.29, 0.717) is 12.5 Å². The first kappa shape index (κ1) is 21.3. The summed E-state index contributed by atoms with van der Waals surface area (Å²) in [5, 5.41) is 7.19. The van der Waals surface area contributed by atoms with Crippen LogP contribution in [-0.2, 0) is 17.6 Å². The summed E-state index contributed by atoms with van der Waals surface area (Å²) in [6.45, 7) is 2.13. The minimum atomic E-state index is 0.0635. The van der Waals surface area contributed by atoms with Crippen molar-refractivity contribution in [2.45, 2.75) is 51.5 Å². The van der Waals surface area contributed by atoms with Crippen LogP contribution in [0.1, 0.15) is 43.9 Å². The number of aromatic nitrogens is 1. The molecule has 0 atom stereocenters. The Morgan fingerprint density at radius 1 is 1.00 bits per heavy atom. The molecule has 1 aromatic heterocycles. The quantitative estimate of drug-likeness (QED) is 0.479. The highest BCUT2D eigenvalue weighted by Gasteiger charge is 2.28. The number of pyridine rings is 1. The van der Waals surface area contributed by atoms with Crippen LogP contribution in [0.15, 0.2) is 78.6 Å². The fraction of sp³-hybridized carbons (Fsp3) is 0.286. The third kappa shape index (κ3) is 4.63. The number of hydrogen-bond donors (Lipinski definition) is 2. The van der Waals surface area contributed by atoms with E-state index < -0.39 is 0 Å². The number of fused-ring (bicyclic) bond motifs is 1. The molecule has 33 heavy (non-hydrogen) atoms. The molecule has 2 aliphatic rings. The first-order valence-corrected chi connectivity index (χ1v) is 11.9. The number of aryl methyl sites for hydroxylation is 1. The maximum atomic E-state index is 13.2. The summed E-state index contributed by atoms with van der Waals surface area (Å²) >= 11 is 0. The van der Waals surface area contributed by atoms with Crippen molar-refractivity contribution < 1.29 is 4.79 Å². The highest BCUT2D eigenvalue weighted by Crippen LogP contribution is 2.39. The lowest BCUT2D eigenvalue weighted by atomic mass is 10.1. The normalized spacial score (nSPS) is 16.2. The van der Waals surface area contributed by atoms with Crippen LogP contribution in [0.2, 0.25) is 0 Å². The van der Waals surface area contributed by atoms with Gasteiger partial charge in [-0.2, -0.15) is 0 Å². The summed E-state index contributed by atoms with van der Waals surface area (Å²) in [4.78, 5) is 20.3. The van der Waals surface area contributed by atoms with Gasteiger partial charge in [0, 0.05) is 41.2 Å². The van der Waals surface area contributed by atoms with E-state index in [0.717, 1.165) is 59.2 Å². The van der Waals surface area contributed by atoms with Gasteiger partial charge in [-0.25, -0.2) is 4.98 Å². The van der Waals surface area contributed by atoms with E-state index >= 15 is 0 Å². The molecular weight excluding hydrogens is 408 g/mol. The molecule has 5 nitrogen and oxygen atoms in total. The van der Waals surface area contributed by atoms with Gasteiger partial charge in [0.2, 0.25) is 0 Å². The van der Waals surface area contributed by atoms with Crippen LogP contribution >= 0.6 is 0 Å². The molecule has 3 aromatic rings. The molecule has 5 rings (SSSR count). The number of allylic oxidation sites excluding steroid dienone is 1. The zero-order valence-electron chi connectivity index (χ0n) is 19.1. The minimum Gasteiger partial charge on any atom is -0.367 e. The van der Waals surface area contributed by atoms with Gasteiger partial charge in [0.1, 0.15) is 11.6 Å². The molecule has 1 aliphatic carbocycles. The van der Waals surface area contributed by atoms with E-state index in [2.05, 4.69) is 40.7 Å². The van der Waals surface area contributed by atoms with Gasteiger partial charge in [0.25, 0.3) is 0 Å². The molecule has 2 N–H and O–H groups in total. The average molecular weight is 439 g/mol. The molecule has 2 heterocycles. The lowest BCUT2D eigenvalue weighted by Crippen LogP contribution is -2.24. The van der Waals surface area contributed by atoms with Gasteiger partial charge >= 0.3 is 0 Å². The first-order valence-electron chi connectivity index (χ1n) is 11.9. The zero-order valence-corrected chi connectivity index (χ0v) is 19.1. The number of para-hydroxylation sites is 2. The molecule has 0 saturated heterocycles. The highest BCUT2D eigenvalue weighted by atomic mass is 16.1. The summed E-state index contributed by atoms with van der Waals surface area (Å²) in [6.07, 6.45) is 7.68. The molecule has 5 heteroatoms. The molecule has 0 spiro atoms. The van der Waals surface area contributed by atoms with Gasteiger partial charge in [-0.1, -0.05) is 56.2 Å². The fourth-order valence-electron chi connectivity index (χ4n) is 4.74. The van der Waals surface area contributed by atoms with Gasteiger partial charge in [0.15, 0.2) is 5.78 Å². The first-order chi connectivity index (χ1) is 16.2. The Bertz CT molecular complexity index is 1150. The average Bonchev–Trinajstić information content (AvgIpc) is 3.30. The molecule has 0 bridgehead atoms. The van der Waals surface area contributed by atoms with Crippen molar-refractivity contribution >= 4 is 28.7 Å². The number of carbonyl (C=O) groups is 1. The van der Waals surface area contributed by atoms with E-state index in [1.807, 2.05) is 48.5 Å². The molecule has 1 aliphatic heterocycles. The van der Waals surface area contributed by atoms with Gasteiger partial charge in [-0.15, -0.1) is 0 Å². The van der Waals surface area contributed by atoms with Crippen LogP contribution in [0.5, 0.6) is 0 Å². The molecular formula is C28H30N4O. The van der Waals surface area contributed by atoms with Crippen molar-refractivity contribution in [1.82, 2.24) is 4.98 Å². The Kier molecular flexibility index (Phi) is 6.11. The fourth-order valence-corrected chi connectivity index (χ4v) is 4.74. The number of nitrogens with one attached hydrogen (secondary N) is 2. The van der Waals surface area contributed by atoms with Gasteiger partial charge in [0.05, 0.1) is 5.69 Å². The van der Waals surface area contributed by atoms with E-state index in [1.54, 1.807) is 6.08 Å². The Morgan fingerprint density at radius 2 is 1.70 bits per heavy atom. The summed E-state index contributed by atoms with van der Waals surface area (Å²) in [5.74, 6) is 1.67. The van der Waals surface area contributed by atoms with Crippen molar-refractivity contribution in [2.24, 2.45) is 0 Å². The van der Waals surface area contributed by atoms with Crippen LogP contribution in [0.3, 0.4) is 0 Å². The number of carbonyl (C=O) groups excluding carboxylic acids is 1. The van der Waals surface area contributed by atoms with Crippen LogP contribution in [0.25, 0.3) is 0 Å². The third-order valence-electron chi connectivity index (χ3n) is 6.40. The second-order valence-electron chi connectivity index (χ2n) is 8.77. The van der Waals surface area contributed by atoms with Gasteiger partial charge in [-0.3, -0.25) is 9.69 Å². The summed E-state index contributed by atoms with van der Waals surface area (Å²) in [5.41, 5.74) is 4.94. The summed E-state index contributed by atoms with van der Waals surface area (Å²) in [6, 6.07) is 22.8. The van der Waals surface area contributed by atoms with E-state index in [4.69, 9.17) is 4.98 Å². The molecule has 0 amide bonds. The van der Waals surface area contributed by atoms with Gasteiger partial charge < -0.3 is 10.6 Å². The predicted molar refractivity (Wildman–Crippen MR) is 135 cm³/mol. The smallest absolute Gasteiger partial charge is 0.163 e. The molecule has 1 fully saturated rings. The van der Waals surface area contributed by atoms with Crippen molar-refractivity contribution in [2.75, 3.05) is 15.5 Å². The number of anilines is 4. The number of rotatable bonds is 6. The largest absolute Gasteiger partial charge is 0.367 e. The molecule has 0 radical (unpaired) electrons. The zero-order chi connectivity index (χ0) is 22.6. The molecule has 2 aromatic carbocycles. The standard InChI is InChI=1S/C28H30N4O/c1-2-20-17-26-25(28(30-20)31-22-13-9-10-14-22)18-24(33)19-27(29-21-11-5-3-6-12-21)32(26)23-15-7-4-8-16-23/h3-8,11-12,15-17,19,22,29H,2,9-10,13-14,18H2,1H3,(H,30,31).